The fourth-order valence-electron chi connectivity index (χ4n) is 2.61. The van der Waals surface area contributed by atoms with Crippen LogP contribution in [0.3, 0.4) is 0 Å². The number of thioether (sulfide) groups is 1. The van der Waals surface area contributed by atoms with Gasteiger partial charge in [0.25, 0.3) is 0 Å². The number of likely N-dealkylation sites (N-methyl/N-ethyl adjacent to an activating group) is 1. The van der Waals surface area contributed by atoms with Crippen LogP contribution in [0.4, 0.5) is 0 Å². The van der Waals surface area contributed by atoms with Crippen molar-refractivity contribution in [3.05, 3.63) is 12.4 Å². The number of aromatic nitrogens is 2. The predicted octanol–water partition coefficient (Wildman–Crippen LogP) is 1.06. The number of hydrogen-bond acceptors (Lipinski definition) is 5. The minimum absolute atomic E-state index is 0.0647. The van der Waals surface area contributed by atoms with Crippen LogP contribution in [0.2, 0.25) is 0 Å². The Hall–Kier alpha value is -0.570. The molecule has 120 valence electrons. The molecule has 1 aliphatic carbocycles. The molecule has 1 fully saturated rings. The Bertz CT molecular complexity index is 550. The second kappa shape index (κ2) is 7.13. The Morgan fingerprint density at radius 2 is 2.14 bits per heavy atom. The Morgan fingerprint density at radius 1 is 1.43 bits per heavy atom. The molecule has 1 saturated carbocycles. The Balaban J connectivity index is 1.99. The van der Waals surface area contributed by atoms with Crippen LogP contribution < -0.4 is 10.0 Å². The van der Waals surface area contributed by atoms with Gasteiger partial charge in [0.15, 0.2) is 0 Å². The first-order valence-electron chi connectivity index (χ1n) is 7.23. The van der Waals surface area contributed by atoms with E-state index >= 15 is 0 Å². The van der Waals surface area contributed by atoms with Gasteiger partial charge in [-0.15, -0.1) is 0 Å². The van der Waals surface area contributed by atoms with E-state index in [9.17, 15) is 8.42 Å². The lowest BCUT2D eigenvalue weighted by Gasteiger charge is -2.26. The van der Waals surface area contributed by atoms with Crippen molar-refractivity contribution >= 4 is 21.8 Å². The number of hydrogen-bond donors (Lipinski definition) is 2. The minimum Gasteiger partial charge on any atom is -0.318 e. The third-order valence-corrected chi connectivity index (χ3v) is 6.82. The van der Waals surface area contributed by atoms with Gasteiger partial charge in [0, 0.05) is 24.0 Å². The van der Waals surface area contributed by atoms with Gasteiger partial charge >= 0.3 is 0 Å². The van der Waals surface area contributed by atoms with Crippen LogP contribution in [0.25, 0.3) is 0 Å². The zero-order chi connectivity index (χ0) is 15.3. The fraction of sp³-hybridized carbons (Fsp3) is 0.769. The molecule has 0 aliphatic heterocycles. The molecule has 1 aromatic rings. The molecule has 0 bridgehead atoms. The Labute approximate surface area is 131 Å². The molecular weight excluding hydrogens is 308 g/mol. The molecule has 0 atom stereocenters. The second-order valence-electron chi connectivity index (χ2n) is 5.46. The first kappa shape index (κ1) is 16.8. The maximum Gasteiger partial charge on any atom is 0.243 e. The Kier molecular flexibility index (Phi) is 5.70. The van der Waals surface area contributed by atoms with Crippen molar-refractivity contribution in [3.8, 4) is 0 Å². The van der Waals surface area contributed by atoms with Crippen LogP contribution in [0, 0.1) is 0 Å². The summed E-state index contributed by atoms with van der Waals surface area (Å²) in [6, 6.07) is 0. The highest BCUT2D eigenvalue weighted by Gasteiger charge is 2.34. The lowest BCUT2D eigenvalue weighted by molar-refractivity contribution is 0.550. The van der Waals surface area contributed by atoms with Gasteiger partial charge in [-0.3, -0.25) is 4.68 Å². The molecule has 2 rings (SSSR count). The molecule has 2 N–H and O–H groups in total. The van der Waals surface area contributed by atoms with Gasteiger partial charge in [0.1, 0.15) is 4.90 Å². The third-order valence-electron chi connectivity index (χ3n) is 4.04. The summed E-state index contributed by atoms with van der Waals surface area (Å²) in [5.74, 6) is 0. The van der Waals surface area contributed by atoms with E-state index in [4.69, 9.17) is 0 Å². The average molecular weight is 332 g/mol. The van der Waals surface area contributed by atoms with E-state index in [1.165, 1.54) is 19.0 Å². The van der Waals surface area contributed by atoms with E-state index in [1.54, 1.807) is 22.6 Å². The molecule has 0 amide bonds. The molecule has 6 nitrogen and oxygen atoms in total. The van der Waals surface area contributed by atoms with Gasteiger partial charge in [-0.05, 0) is 26.1 Å². The van der Waals surface area contributed by atoms with Crippen LogP contribution in [0.5, 0.6) is 0 Å². The van der Waals surface area contributed by atoms with E-state index in [0.717, 1.165) is 19.4 Å². The molecule has 0 saturated heterocycles. The average Bonchev–Trinajstić information content (AvgIpc) is 3.13. The summed E-state index contributed by atoms with van der Waals surface area (Å²) in [5, 5.41) is 7.10. The van der Waals surface area contributed by atoms with Gasteiger partial charge in [0.2, 0.25) is 10.0 Å². The molecule has 1 aliphatic rings. The lowest BCUT2D eigenvalue weighted by atomic mass is 10.1. The number of nitrogens with zero attached hydrogens (tertiary/aromatic N) is 2. The maximum atomic E-state index is 12.3. The summed E-state index contributed by atoms with van der Waals surface area (Å²) >= 11 is 1.78. The quantitative estimate of drug-likeness (QED) is 0.744. The van der Waals surface area contributed by atoms with Crippen molar-refractivity contribution in [2.24, 2.45) is 0 Å². The van der Waals surface area contributed by atoms with Crippen LogP contribution >= 0.6 is 11.8 Å². The minimum atomic E-state index is -3.47. The van der Waals surface area contributed by atoms with E-state index in [2.05, 4.69) is 21.4 Å². The van der Waals surface area contributed by atoms with E-state index in [-0.39, 0.29) is 9.64 Å². The van der Waals surface area contributed by atoms with Gasteiger partial charge in [0.05, 0.1) is 12.7 Å². The van der Waals surface area contributed by atoms with Crippen molar-refractivity contribution in [2.75, 3.05) is 26.4 Å². The predicted molar refractivity (Wildman–Crippen MR) is 86.1 cm³/mol. The molecule has 21 heavy (non-hydrogen) atoms. The zero-order valence-electron chi connectivity index (χ0n) is 12.6. The molecule has 0 radical (unpaired) electrons. The molecular formula is C13H24N4O2S2. The number of nitrogens with one attached hydrogen (secondary N) is 2. The number of rotatable bonds is 8. The second-order valence-corrected chi connectivity index (χ2v) is 8.50. The van der Waals surface area contributed by atoms with E-state index < -0.39 is 10.0 Å². The molecule has 1 heterocycles. The summed E-state index contributed by atoms with van der Waals surface area (Å²) in [6.45, 7) is 1.91. The van der Waals surface area contributed by atoms with Gasteiger partial charge in [-0.1, -0.05) is 12.8 Å². The summed E-state index contributed by atoms with van der Waals surface area (Å²) in [5.41, 5.74) is 0. The zero-order valence-corrected chi connectivity index (χ0v) is 14.3. The normalized spacial score (nSPS) is 18.2. The molecule has 0 aromatic carbocycles. The van der Waals surface area contributed by atoms with Crippen LogP contribution in [-0.2, 0) is 16.6 Å². The summed E-state index contributed by atoms with van der Waals surface area (Å²) in [7, 11) is -1.61. The van der Waals surface area contributed by atoms with Crippen LogP contribution in [-0.4, -0.2) is 49.3 Å². The van der Waals surface area contributed by atoms with E-state index in [0.29, 0.717) is 13.1 Å². The highest BCUT2D eigenvalue weighted by molar-refractivity contribution is 8.00. The van der Waals surface area contributed by atoms with Crippen molar-refractivity contribution < 1.29 is 8.42 Å². The van der Waals surface area contributed by atoms with Crippen LogP contribution in [0.15, 0.2) is 17.3 Å². The van der Waals surface area contributed by atoms with Crippen molar-refractivity contribution in [1.82, 2.24) is 19.8 Å². The third kappa shape index (κ3) is 4.21. The Morgan fingerprint density at radius 3 is 2.76 bits per heavy atom. The molecule has 0 unspecified atom stereocenters. The summed E-state index contributed by atoms with van der Waals surface area (Å²) < 4.78 is 29.2. The molecule has 1 aromatic heterocycles. The SMILES string of the molecule is CNCCn1cc(S(=O)(=O)NCC2(SC)CCCC2)cn1. The van der Waals surface area contributed by atoms with Crippen molar-refractivity contribution in [2.45, 2.75) is 41.9 Å². The smallest absolute Gasteiger partial charge is 0.243 e. The highest BCUT2D eigenvalue weighted by atomic mass is 32.2. The largest absolute Gasteiger partial charge is 0.318 e. The van der Waals surface area contributed by atoms with Gasteiger partial charge in [-0.2, -0.15) is 16.9 Å². The summed E-state index contributed by atoms with van der Waals surface area (Å²) in [6.07, 6.45) is 9.60. The maximum absolute atomic E-state index is 12.3. The number of sulfonamides is 1. The van der Waals surface area contributed by atoms with Crippen molar-refractivity contribution in [1.29, 1.82) is 0 Å². The lowest BCUT2D eigenvalue weighted by Crippen LogP contribution is -2.38. The molecule has 8 heteroatoms. The van der Waals surface area contributed by atoms with Crippen LogP contribution in [0.1, 0.15) is 25.7 Å². The first-order valence-corrected chi connectivity index (χ1v) is 9.94. The molecule has 0 spiro atoms. The highest BCUT2D eigenvalue weighted by Crippen LogP contribution is 2.39. The standard InChI is InChI=1S/C13H24N4O2S2/c1-14-7-8-17-10-12(9-15-17)21(18,19)16-11-13(20-2)5-3-4-6-13/h9-10,14,16H,3-8,11H2,1-2H3. The van der Waals surface area contributed by atoms with Crippen molar-refractivity contribution in [3.63, 3.8) is 0 Å². The topological polar surface area (TPSA) is 76.0 Å². The summed E-state index contributed by atoms with van der Waals surface area (Å²) in [4.78, 5) is 0.243. The van der Waals surface area contributed by atoms with Gasteiger partial charge < -0.3 is 5.32 Å². The monoisotopic (exact) mass is 332 g/mol. The fourth-order valence-corrected chi connectivity index (χ4v) is 4.70. The van der Waals surface area contributed by atoms with E-state index in [1.807, 2.05) is 7.05 Å². The first-order chi connectivity index (χ1) is 10.0. The van der Waals surface area contributed by atoms with Gasteiger partial charge in [-0.25, -0.2) is 13.1 Å².